The Bertz CT molecular complexity index is 204. The number of hydrogen-bond donors (Lipinski definition) is 0. The number of likely N-dealkylation sites (tertiary alicyclic amines) is 1. The average molecular weight is 195 g/mol. The van der Waals surface area contributed by atoms with Crippen LogP contribution in [0.2, 0.25) is 0 Å². The van der Waals surface area contributed by atoms with Crippen molar-refractivity contribution in [3.63, 3.8) is 0 Å². The molecule has 13 heavy (non-hydrogen) atoms. The summed E-state index contributed by atoms with van der Waals surface area (Å²) in [5.74, 6) is 0.311. The maximum atomic E-state index is 5.41. The van der Waals surface area contributed by atoms with Crippen molar-refractivity contribution in [2.75, 3.05) is 13.1 Å². The highest BCUT2D eigenvalue weighted by Gasteiger charge is 2.19. The summed E-state index contributed by atoms with van der Waals surface area (Å²) in [6, 6.07) is 0. The van der Waals surface area contributed by atoms with Crippen LogP contribution < -0.4 is 0 Å². The van der Waals surface area contributed by atoms with Crippen molar-refractivity contribution in [3.05, 3.63) is 25.3 Å². The molecule has 1 aliphatic heterocycles. The quantitative estimate of drug-likeness (QED) is 0.501. The van der Waals surface area contributed by atoms with Gasteiger partial charge in [-0.2, -0.15) is 0 Å². The standard InChI is InChI=1S/C11H17NS/c1-3-7-10(4-2)11(13)12-8-5-6-9-12/h3-4,10H,1-2,5-9H2. The van der Waals surface area contributed by atoms with Crippen LogP contribution in [-0.2, 0) is 0 Å². The summed E-state index contributed by atoms with van der Waals surface area (Å²) < 4.78 is 0. The predicted molar refractivity (Wildman–Crippen MR) is 61.9 cm³/mol. The molecule has 0 bridgehead atoms. The molecule has 0 spiro atoms. The molecule has 0 N–H and O–H groups in total. The monoisotopic (exact) mass is 195 g/mol. The molecule has 0 radical (unpaired) electrons. The molecule has 1 nitrogen and oxygen atoms in total. The van der Waals surface area contributed by atoms with Crippen LogP contribution >= 0.6 is 12.2 Å². The maximum absolute atomic E-state index is 5.41. The summed E-state index contributed by atoms with van der Waals surface area (Å²) in [6.07, 6.45) is 7.31. The van der Waals surface area contributed by atoms with E-state index in [1.807, 2.05) is 12.2 Å². The molecule has 2 heteroatoms. The third-order valence-corrected chi connectivity index (χ3v) is 3.00. The molecule has 0 aliphatic carbocycles. The number of nitrogens with zero attached hydrogens (tertiary/aromatic N) is 1. The van der Waals surface area contributed by atoms with Gasteiger partial charge in [0.2, 0.25) is 0 Å². The Morgan fingerprint density at radius 1 is 1.38 bits per heavy atom. The van der Waals surface area contributed by atoms with Crippen molar-refractivity contribution in [1.82, 2.24) is 4.90 Å². The van der Waals surface area contributed by atoms with Crippen LogP contribution in [-0.4, -0.2) is 23.0 Å². The molecule has 1 rings (SSSR count). The lowest BCUT2D eigenvalue weighted by atomic mass is 10.1. The van der Waals surface area contributed by atoms with E-state index in [9.17, 15) is 0 Å². The summed E-state index contributed by atoms with van der Waals surface area (Å²) in [4.78, 5) is 3.35. The van der Waals surface area contributed by atoms with Gasteiger partial charge < -0.3 is 4.90 Å². The van der Waals surface area contributed by atoms with Gasteiger partial charge in [0.15, 0.2) is 0 Å². The molecular formula is C11H17NS. The molecule has 0 aromatic carbocycles. The lowest BCUT2D eigenvalue weighted by Crippen LogP contribution is -2.31. The highest BCUT2D eigenvalue weighted by atomic mass is 32.1. The van der Waals surface area contributed by atoms with Gasteiger partial charge in [0.1, 0.15) is 0 Å². The number of hydrogen-bond acceptors (Lipinski definition) is 1. The van der Waals surface area contributed by atoms with Crippen LogP contribution in [0.1, 0.15) is 19.3 Å². The predicted octanol–water partition coefficient (Wildman–Crippen LogP) is 2.79. The molecule has 0 amide bonds. The SMILES string of the molecule is C=CCC(C=C)C(=S)N1CCCC1. The zero-order valence-corrected chi connectivity index (χ0v) is 8.85. The van der Waals surface area contributed by atoms with Crippen molar-refractivity contribution >= 4 is 17.2 Å². The summed E-state index contributed by atoms with van der Waals surface area (Å²) in [7, 11) is 0. The second-order valence-corrected chi connectivity index (χ2v) is 3.82. The van der Waals surface area contributed by atoms with E-state index in [0.29, 0.717) is 5.92 Å². The molecule has 1 saturated heterocycles. The maximum Gasteiger partial charge on any atom is 0.0851 e. The normalized spacial score (nSPS) is 18.3. The molecule has 1 fully saturated rings. The first-order chi connectivity index (χ1) is 6.29. The van der Waals surface area contributed by atoms with Gasteiger partial charge in [-0.15, -0.1) is 13.2 Å². The minimum Gasteiger partial charge on any atom is -0.366 e. The highest BCUT2D eigenvalue weighted by Crippen LogP contribution is 2.16. The lowest BCUT2D eigenvalue weighted by molar-refractivity contribution is 0.503. The Kier molecular flexibility index (Phi) is 4.16. The number of allylic oxidation sites excluding steroid dienone is 1. The molecule has 72 valence electrons. The molecule has 0 saturated carbocycles. The van der Waals surface area contributed by atoms with E-state index in [0.717, 1.165) is 24.5 Å². The third kappa shape index (κ3) is 2.66. The van der Waals surface area contributed by atoms with Crippen LogP contribution in [0.25, 0.3) is 0 Å². The van der Waals surface area contributed by atoms with Gasteiger partial charge in [0.05, 0.1) is 4.99 Å². The van der Waals surface area contributed by atoms with E-state index in [2.05, 4.69) is 18.1 Å². The zero-order chi connectivity index (χ0) is 9.68. The van der Waals surface area contributed by atoms with Crippen LogP contribution in [0.15, 0.2) is 25.3 Å². The second-order valence-electron chi connectivity index (χ2n) is 3.40. The van der Waals surface area contributed by atoms with Crippen LogP contribution in [0.4, 0.5) is 0 Å². The van der Waals surface area contributed by atoms with E-state index in [-0.39, 0.29) is 0 Å². The van der Waals surface area contributed by atoms with Crippen LogP contribution in [0.5, 0.6) is 0 Å². The van der Waals surface area contributed by atoms with Gasteiger partial charge >= 0.3 is 0 Å². The van der Waals surface area contributed by atoms with Gasteiger partial charge in [-0.25, -0.2) is 0 Å². The second kappa shape index (κ2) is 5.18. The molecule has 1 aliphatic rings. The summed E-state index contributed by atoms with van der Waals surface area (Å²) in [5.41, 5.74) is 0. The van der Waals surface area contributed by atoms with E-state index < -0.39 is 0 Å². The first kappa shape index (κ1) is 10.5. The van der Waals surface area contributed by atoms with Crippen molar-refractivity contribution in [2.24, 2.45) is 5.92 Å². The number of rotatable bonds is 4. The van der Waals surface area contributed by atoms with E-state index >= 15 is 0 Å². The molecule has 0 aromatic rings. The summed E-state index contributed by atoms with van der Waals surface area (Å²) in [5, 5.41) is 0. The fraction of sp³-hybridized carbons (Fsp3) is 0.545. The summed E-state index contributed by atoms with van der Waals surface area (Å²) >= 11 is 5.41. The fourth-order valence-corrected chi connectivity index (χ4v) is 2.02. The van der Waals surface area contributed by atoms with Crippen molar-refractivity contribution in [1.29, 1.82) is 0 Å². The third-order valence-electron chi connectivity index (χ3n) is 2.44. The van der Waals surface area contributed by atoms with E-state index in [1.54, 1.807) is 0 Å². The highest BCUT2D eigenvalue weighted by molar-refractivity contribution is 7.80. The van der Waals surface area contributed by atoms with Gasteiger partial charge in [0, 0.05) is 19.0 Å². The lowest BCUT2D eigenvalue weighted by Gasteiger charge is -2.23. The molecule has 1 atom stereocenters. The average Bonchev–Trinajstić information content (AvgIpc) is 2.65. The fourth-order valence-electron chi connectivity index (χ4n) is 1.65. The van der Waals surface area contributed by atoms with E-state index in [4.69, 9.17) is 12.2 Å². The van der Waals surface area contributed by atoms with Gasteiger partial charge in [-0.05, 0) is 19.3 Å². The minimum atomic E-state index is 0.311. The van der Waals surface area contributed by atoms with E-state index in [1.165, 1.54) is 12.8 Å². The smallest absolute Gasteiger partial charge is 0.0851 e. The van der Waals surface area contributed by atoms with Crippen LogP contribution in [0.3, 0.4) is 0 Å². The Morgan fingerprint density at radius 2 is 2.00 bits per heavy atom. The first-order valence-corrected chi connectivity index (χ1v) is 5.22. The van der Waals surface area contributed by atoms with Gasteiger partial charge in [0.25, 0.3) is 0 Å². The zero-order valence-electron chi connectivity index (χ0n) is 8.04. The Hall–Kier alpha value is -0.630. The van der Waals surface area contributed by atoms with Gasteiger partial charge in [-0.3, -0.25) is 0 Å². The molecular weight excluding hydrogens is 178 g/mol. The van der Waals surface area contributed by atoms with Crippen LogP contribution in [0, 0.1) is 5.92 Å². The Balaban J connectivity index is 2.51. The molecule has 0 aromatic heterocycles. The van der Waals surface area contributed by atoms with Gasteiger partial charge in [-0.1, -0.05) is 24.4 Å². The summed E-state index contributed by atoms with van der Waals surface area (Å²) in [6.45, 7) is 9.79. The topological polar surface area (TPSA) is 3.24 Å². The largest absolute Gasteiger partial charge is 0.366 e. The Labute approximate surface area is 86.1 Å². The number of thiocarbonyl (C=S) groups is 1. The first-order valence-electron chi connectivity index (χ1n) is 4.82. The molecule has 1 unspecified atom stereocenters. The van der Waals surface area contributed by atoms with Crippen molar-refractivity contribution in [2.45, 2.75) is 19.3 Å². The minimum absolute atomic E-state index is 0.311. The van der Waals surface area contributed by atoms with Crippen molar-refractivity contribution in [3.8, 4) is 0 Å². The van der Waals surface area contributed by atoms with Crippen molar-refractivity contribution < 1.29 is 0 Å². The Morgan fingerprint density at radius 3 is 2.46 bits per heavy atom. The molecule has 1 heterocycles.